The Hall–Kier alpha value is -1.79. The number of likely N-dealkylation sites (N-methyl/N-ethyl adjacent to an activating group) is 1. The van der Waals surface area contributed by atoms with Gasteiger partial charge in [0, 0.05) is 26.7 Å². The Balaban J connectivity index is 1.99. The van der Waals surface area contributed by atoms with Crippen LogP contribution in [0.15, 0.2) is 0 Å². The zero-order valence-corrected chi connectivity index (χ0v) is 12.6. The third-order valence-corrected chi connectivity index (χ3v) is 4.72. The van der Waals surface area contributed by atoms with Crippen LogP contribution in [0.4, 0.5) is 4.79 Å². The molecule has 0 bridgehead atoms. The summed E-state index contributed by atoms with van der Waals surface area (Å²) in [7, 11) is 1.71. The second kappa shape index (κ2) is 5.91. The van der Waals surface area contributed by atoms with Crippen LogP contribution >= 0.6 is 0 Å². The van der Waals surface area contributed by atoms with Crippen molar-refractivity contribution in [2.75, 3.05) is 26.7 Å². The molecule has 3 amide bonds. The van der Waals surface area contributed by atoms with Gasteiger partial charge in [-0.05, 0) is 25.7 Å². The largest absolute Gasteiger partial charge is 0.481 e. The molecule has 2 fully saturated rings. The van der Waals surface area contributed by atoms with Crippen molar-refractivity contribution >= 4 is 17.9 Å². The standard InChI is InChI=1S/C14H23N3O4/c1-3-14(12(19)20)6-4-7-17(9-14)13(21)15-10-5-8-16(2)11(10)18/h10H,3-9H2,1-2H3,(H,15,21)(H,19,20). The Morgan fingerprint density at radius 1 is 1.43 bits per heavy atom. The molecule has 0 aromatic rings. The second-order valence-corrected chi connectivity index (χ2v) is 6.01. The fourth-order valence-electron chi connectivity index (χ4n) is 3.12. The van der Waals surface area contributed by atoms with Crippen LogP contribution in [0.25, 0.3) is 0 Å². The highest BCUT2D eigenvalue weighted by Gasteiger charge is 2.42. The average Bonchev–Trinajstić information content (AvgIpc) is 2.79. The maximum Gasteiger partial charge on any atom is 0.318 e. The molecule has 118 valence electrons. The van der Waals surface area contributed by atoms with Gasteiger partial charge >= 0.3 is 12.0 Å². The van der Waals surface area contributed by atoms with Crippen LogP contribution in [0.5, 0.6) is 0 Å². The number of carboxylic acids is 1. The number of likely N-dealkylation sites (tertiary alicyclic amines) is 2. The average molecular weight is 297 g/mol. The van der Waals surface area contributed by atoms with Crippen LogP contribution in [0.2, 0.25) is 0 Å². The molecule has 0 radical (unpaired) electrons. The van der Waals surface area contributed by atoms with Gasteiger partial charge in [-0.1, -0.05) is 6.92 Å². The minimum absolute atomic E-state index is 0.0830. The van der Waals surface area contributed by atoms with Crippen molar-refractivity contribution in [2.45, 2.75) is 38.6 Å². The van der Waals surface area contributed by atoms with Crippen molar-refractivity contribution < 1.29 is 19.5 Å². The lowest BCUT2D eigenvalue weighted by atomic mass is 9.78. The summed E-state index contributed by atoms with van der Waals surface area (Å²) in [5.41, 5.74) is -0.855. The number of hydrogen-bond acceptors (Lipinski definition) is 3. The quantitative estimate of drug-likeness (QED) is 0.794. The smallest absolute Gasteiger partial charge is 0.318 e. The van der Waals surface area contributed by atoms with E-state index < -0.39 is 17.4 Å². The van der Waals surface area contributed by atoms with E-state index in [1.807, 2.05) is 6.92 Å². The maximum absolute atomic E-state index is 12.3. The van der Waals surface area contributed by atoms with E-state index >= 15 is 0 Å². The van der Waals surface area contributed by atoms with Gasteiger partial charge in [0.05, 0.1) is 5.41 Å². The molecule has 2 N–H and O–H groups in total. The van der Waals surface area contributed by atoms with E-state index in [2.05, 4.69) is 5.32 Å². The summed E-state index contributed by atoms with van der Waals surface area (Å²) in [6, 6.07) is -0.812. The number of hydrogen-bond donors (Lipinski definition) is 2. The fraction of sp³-hybridized carbons (Fsp3) is 0.786. The van der Waals surface area contributed by atoms with Crippen LogP contribution in [-0.2, 0) is 9.59 Å². The molecule has 21 heavy (non-hydrogen) atoms. The molecule has 0 saturated carbocycles. The summed E-state index contributed by atoms with van der Waals surface area (Å²) in [5, 5.41) is 12.2. The van der Waals surface area contributed by atoms with Crippen molar-refractivity contribution in [2.24, 2.45) is 5.41 Å². The number of nitrogens with zero attached hydrogens (tertiary/aromatic N) is 2. The van der Waals surface area contributed by atoms with E-state index in [-0.39, 0.29) is 18.5 Å². The number of carbonyl (C=O) groups is 3. The summed E-state index contributed by atoms with van der Waals surface area (Å²) >= 11 is 0. The number of rotatable bonds is 3. The second-order valence-electron chi connectivity index (χ2n) is 6.01. The molecule has 2 heterocycles. The van der Waals surface area contributed by atoms with Gasteiger partial charge in [0.15, 0.2) is 0 Å². The minimum Gasteiger partial charge on any atom is -0.481 e. The van der Waals surface area contributed by atoms with E-state index in [0.717, 1.165) is 0 Å². The number of amides is 3. The Morgan fingerprint density at radius 3 is 2.67 bits per heavy atom. The predicted molar refractivity (Wildman–Crippen MR) is 75.7 cm³/mol. The highest BCUT2D eigenvalue weighted by molar-refractivity contribution is 5.88. The Morgan fingerprint density at radius 2 is 2.14 bits per heavy atom. The number of aliphatic carboxylic acids is 1. The summed E-state index contributed by atoms with van der Waals surface area (Å²) in [5.74, 6) is -0.931. The summed E-state index contributed by atoms with van der Waals surface area (Å²) in [6.45, 7) is 3.22. The van der Waals surface area contributed by atoms with E-state index in [1.54, 1.807) is 11.9 Å². The third kappa shape index (κ3) is 2.96. The van der Waals surface area contributed by atoms with Gasteiger partial charge in [-0.25, -0.2) is 4.79 Å². The van der Waals surface area contributed by atoms with Crippen LogP contribution in [0, 0.1) is 5.41 Å². The Labute approximate surface area is 124 Å². The molecule has 7 nitrogen and oxygen atoms in total. The highest BCUT2D eigenvalue weighted by Crippen LogP contribution is 2.33. The molecule has 2 atom stereocenters. The first-order valence-electron chi connectivity index (χ1n) is 7.43. The van der Waals surface area contributed by atoms with Crippen molar-refractivity contribution in [3.05, 3.63) is 0 Å². The zero-order chi connectivity index (χ0) is 15.6. The lowest BCUT2D eigenvalue weighted by molar-refractivity contribution is -0.152. The van der Waals surface area contributed by atoms with E-state index in [4.69, 9.17) is 0 Å². The number of carboxylic acid groups (broad SMARTS) is 1. The molecule has 2 saturated heterocycles. The lowest BCUT2D eigenvalue weighted by Gasteiger charge is -2.39. The summed E-state index contributed by atoms with van der Waals surface area (Å²) in [6.07, 6.45) is 2.36. The summed E-state index contributed by atoms with van der Waals surface area (Å²) < 4.78 is 0. The highest BCUT2D eigenvalue weighted by atomic mass is 16.4. The van der Waals surface area contributed by atoms with Crippen molar-refractivity contribution in [1.29, 1.82) is 0 Å². The first-order chi connectivity index (χ1) is 9.89. The molecule has 7 heteroatoms. The van der Waals surface area contributed by atoms with Gasteiger partial charge in [0.1, 0.15) is 6.04 Å². The lowest BCUT2D eigenvalue weighted by Crippen LogP contribution is -2.54. The van der Waals surface area contributed by atoms with Crippen LogP contribution < -0.4 is 5.32 Å². The monoisotopic (exact) mass is 297 g/mol. The molecule has 2 aliphatic heterocycles. The molecule has 0 aromatic carbocycles. The van der Waals surface area contributed by atoms with E-state index in [0.29, 0.717) is 38.8 Å². The van der Waals surface area contributed by atoms with Crippen molar-refractivity contribution in [3.63, 3.8) is 0 Å². The summed E-state index contributed by atoms with van der Waals surface area (Å²) in [4.78, 5) is 38.7. The van der Waals surface area contributed by atoms with E-state index in [1.165, 1.54) is 4.90 Å². The molecule has 0 aromatic heterocycles. The van der Waals surface area contributed by atoms with Crippen molar-refractivity contribution in [3.8, 4) is 0 Å². The van der Waals surface area contributed by atoms with Gasteiger partial charge in [0.2, 0.25) is 5.91 Å². The first kappa shape index (κ1) is 15.6. The van der Waals surface area contributed by atoms with Crippen LogP contribution in [-0.4, -0.2) is 65.5 Å². The van der Waals surface area contributed by atoms with Gasteiger partial charge < -0.3 is 20.2 Å². The molecule has 2 rings (SSSR count). The Kier molecular flexibility index (Phi) is 4.39. The topological polar surface area (TPSA) is 89.9 Å². The van der Waals surface area contributed by atoms with Gasteiger partial charge in [-0.2, -0.15) is 0 Å². The predicted octanol–water partition coefficient (Wildman–Crippen LogP) is 0.504. The number of urea groups is 1. The SMILES string of the molecule is CCC1(C(=O)O)CCCN(C(=O)NC2CCN(C)C2=O)C1. The minimum atomic E-state index is -0.855. The molecular formula is C14H23N3O4. The van der Waals surface area contributed by atoms with Crippen molar-refractivity contribution in [1.82, 2.24) is 15.1 Å². The number of nitrogens with one attached hydrogen (secondary N) is 1. The van der Waals surface area contributed by atoms with Crippen LogP contribution in [0.3, 0.4) is 0 Å². The molecule has 2 aliphatic rings. The van der Waals surface area contributed by atoms with Gasteiger partial charge in [-0.3, -0.25) is 9.59 Å². The molecule has 0 aliphatic carbocycles. The fourth-order valence-corrected chi connectivity index (χ4v) is 3.12. The Bertz CT molecular complexity index is 454. The maximum atomic E-state index is 12.3. The van der Waals surface area contributed by atoms with Gasteiger partial charge in [0.25, 0.3) is 0 Å². The zero-order valence-electron chi connectivity index (χ0n) is 12.6. The van der Waals surface area contributed by atoms with Gasteiger partial charge in [-0.15, -0.1) is 0 Å². The number of carbonyl (C=O) groups excluding carboxylic acids is 2. The third-order valence-electron chi connectivity index (χ3n) is 4.72. The number of piperidine rings is 1. The normalized spacial score (nSPS) is 29.6. The van der Waals surface area contributed by atoms with E-state index in [9.17, 15) is 19.5 Å². The first-order valence-corrected chi connectivity index (χ1v) is 7.43. The molecular weight excluding hydrogens is 274 g/mol. The molecule has 2 unspecified atom stereocenters. The molecule has 0 spiro atoms. The van der Waals surface area contributed by atoms with Crippen LogP contribution in [0.1, 0.15) is 32.6 Å².